The number of benzene rings is 1. The Labute approximate surface area is 199 Å². The minimum absolute atomic E-state index is 0.142. The number of carbonyl (C=O) groups is 1. The van der Waals surface area contributed by atoms with Gasteiger partial charge in [-0.05, 0) is 37.8 Å². The molecule has 2 heterocycles. The van der Waals surface area contributed by atoms with Gasteiger partial charge in [-0.1, -0.05) is 49.8 Å². The lowest BCUT2D eigenvalue weighted by Gasteiger charge is -2.39. The van der Waals surface area contributed by atoms with Gasteiger partial charge in [-0.25, -0.2) is 15.0 Å². The van der Waals surface area contributed by atoms with Crippen LogP contribution < -0.4 is 4.74 Å². The number of hydrogen-bond donors (Lipinski definition) is 0. The summed E-state index contributed by atoms with van der Waals surface area (Å²) in [5.74, 6) is 0.828. The third kappa shape index (κ3) is 4.43. The standard InChI is InChI=1S/C25H30ClN5O2/c1-33-21-13-17(25(32)31(20-9-5-6-10-20)19-7-3-2-4-8-19)11-12-18(21)14-30-16-29-24-22(30)23(26)27-15-28-24/h11-13,15-16,19-20H,2-10,14H2,1H3. The summed E-state index contributed by atoms with van der Waals surface area (Å²) in [5.41, 5.74) is 2.88. The fourth-order valence-electron chi connectivity index (χ4n) is 5.50. The summed E-state index contributed by atoms with van der Waals surface area (Å²) < 4.78 is 7.62. The lowest BCUT2D eigenvalue weighted by atomic mass is 9.92. The van der Waals surface area contributed by atoms with Gasteiger partial charge in [0, 0.05) is 23.2 Å². The number of ether oxygens (including phenoxy) is 1. The van der Waals surface area contributed by atoms with Gasteiger partial charge in [-0.15, -0.1) is 0 Å². The molecule has 0 N–H and O–H groups in total. The van der Waals surface area contributed by atoms with Crippen LogP contribution in [0.5, 0.6) is 5.75 Å². The van der Waals surface area contributed by atoms with Crippen LogP contribution >= 0.6 is 11.6 Å². The van der Waals surface area contributed by atoms with Gasteiger partial charge in [-0.3, -0.25) is 4.79 Å². The molecule has 2 aliphatic carbocycles. The largest absolute Gasteiger partial charge is 0.496 e. The average molecular weight is 468 g/mol. The molecule has 0 spiro atoms. The summed E-state index contributed by atoms with van der Waals surface area (Å²) in [5, 5.41) is 0.364. The quantitative estimate of drug-likeness (QED) is 0.462. The third-order valence-corrected chi connectivity index (χ3v) is 7.44. The maximum atomic E-state index is 13.8. The van der Waals surface area contributed by atoms with E-state index in [0.29, 0.717) is 46.3 Å². The van der Waals surface area contributed by atoms with Gasteiger partial charge in [-0.2, -0.15) is 0 Å². The topological polar surface area (TPSA) is 73.1 Å². The highest BCUT2D eigenvalue weighted by Crippen LogP contribution is 2.33. The van der Waals surface area contributed by atoms with Crippen LogP contribution in [-0.4, -0.2) is 49.5 Å². The van der Waals surface area contributed by atoms with E-state index in [4.69, 9.17) is 16.3 Å². The Bertz CT molecular complexity index is 1140. The highest BCUT2D eigenvalue weighted by molar-refractivity contribution is 6.33. The van der Waals surface area contributed by atoms with E-state index in [1.807, 2.05) is 22.8 Å². The molecule has 0 unspecified atom stereocenters. The van der Waals surface area contributed by atoms with Gasteiger partial charge in [0.1, 0.15) is 17.6 Å². The van der Waals surface area contributed by atoms with Gasteiger partial charge < -0.3 is 14.2 Å². The summed E-state index contributed by atoms with van der Waals surface area (Å²) in [4.78, 5) is 28.6. The van der Waals surface area contributed by atoms with Crippen molar-refractivity contribution >= 4 is 28.7 Å². The van der Waals surface area contributed by atoms with E-state index in [0.717, 1.165) is 31.2 Å². The van der Waals surface area contributed by atoms with Crippen molar-refractivity contribution in [1.29, 1.82) is 0 Å². The van der Waals surface area contributed by atoms with Crippen molar-refractivity contribution in [3.8, 4) is 5.75 Å². The summed E-state index contributed by atoms with van der Waals surface area (Å²) in [6.45, 7) is 0.496. The van der Waals surface area contributed by atoms with E-state index in [1.165, 1.54) is 38.4 Å². The lowest BCUT2D eigenvalue weighted by Crippen LogP contribution is -2.47. The second kappa shape index (κ2) is 9.67. The van der Waals surface area contributed by atoms with Gasteiger partial charge in [0.25, 0.3) is 5.91 Å². The summed E-state index contributed by atoms with van der Waals surface area (Å²) in [7, 11) is 1.64. The molecule has 1 amide bonds. The molecular weight excluding hydrogens is 438 g/mol. The van der Waals surface area contributed by atoms with Crippen molar-refractivity contribution in [1.82, 2.24) is 24.4 Å². The van der Waals surface area contributed by atoms with Crippen LogP contribution in [0.1, 0.15) is 73.7 Å². The van der Waals surface area contributed by atoms with Gasteiger partial charge in [0.15, 0.2) is 10.8 Å². The van der Waals surface area contributed by atoms with E-state index in [9.17, 15) is 4.79 Å². The second-order valence-corrected chi connectivity index (χ2v) is 9.54. The summed E-state index contributed by atoms with van der Waals surface area (Å²) in [6, 6.07) is 6.52. The van der Waals surface area contributed by atoms with Crippen molar-refractivity contribution < 1.29 is 9.53 Å². The maximum Gasteiger partial charge on any atom is 0.254 e. The Kier molecular flexibility index (Phi) is 6.49. The molecule has 33 heavy (non-hydrogen) atoms. The molecule has 2 fully saturated rings. The van der Waals surface area contributed by atoms with Crippen molar-refractivity contribution in [3.63, 3.8) is 0 Å². The normalized spacial score (nSPS) is 17.5. The van der Waals surface area contributed by atoms with Crippen LogP contribution in [0.25, 0.3) is 11.2 Å². The maximum absolute atomic E-state index is 13.8. The van der Waals surface area contributed by atoms with Crippen LogP contribution in [0.3, 0.4) is 0 Å². The molecular formula is C25H30ClN5O2. The number of nitrogens with zero attached hydrogens (tertiary/aromatic N) is 5. The molecule has 0 saturated heterocycles. The van der Waals surface area contributed by atoms with E-state index in [2.05, 4.69) is 19.9 Å². The molecule has 0 bridgehead atoms. The first-order valence-electron chi connectivity index (χ1n) is 12.0. The van der Waals surface area contributed by atoms with Crippen LogP contribution in [0, 0.1) is 0 Å². The fraction of sp³-hybridized carbons (Fsp3) is 0.520. The van der Waals surface area contributed by atoms with Crippen molar-refractivity contribution in [2.24, 2.45) is 0 Å². The molecule has 2 aromatic heterocycles. The zero-order valence-electron chi connectivity index (χ0n) is 19.0. The van der Waals surface area contributed by atoms with Gasteiger partial charge >= 0.3 is 0 Å². The molecule has 2 aliphatic rings. The first-order valence-corrected chi connectivity index (χ1v) is 12.3. The zero-order valence-corrected chi connectivity index (χ0v) is 19.8. The molecule has 8 heteroatoms. The number of fused-ring (bicyclic) bond motifs is 1. The summed E-state index contributed by atoms with van der Waals surface area (Å²) in [6.07, 6.45) is 13.7. The van der Waals surface area contributed by atoms with Crippen LogP contribution in [0.2, 0.25) is 5.15 Å². The highest BCUT2D eigenvalue weighted by Gasteiger charge is 2.34. The third-order valence-electron chi connectivity index (χ3n) is 7.16. The lowest BCUT2D eigenvalue weighted by molar-refractivity contribution is 0.0517. The van der Waals surface area contributed by atoms with Crippen LogP contribution in [0.15, 0.2) is 30.9 Å². The van der Waals surface area contributed by atoms with Gasteiger partial charge in [0.2, 0.25) is 0 Å². The monoisotopic (exact) mass is 467 g/mol. The molecule has 0 radical (unpaired) electrons. The molecule has 2 saturated carbocycles. The first-order chi connectivity index (χ1) is 16.2. The number of hydrogen-bond acceptors (Lipinski definition) is 5. The minimum atomic E-state index is 0.142. The Balaban J connectivity index is 1.43. The predicted octanol–water partition coefficient (Wildman–Crippen LogP) is 5.25. The van der Waals surface area contributed by atoms with Crippen molar-refractivity contribution in [3.05, 3.63) is 47.1 Å². The molecule has 7 nitrogen and oxygen atoms in total. The molecule has 174 valence electrons. The number of carbonyl (C=O) groups excluding carboxylic acids is 1. The Morgan fingerprint density at radius 3 is 2.45 bits per heavy atom. The minimum Gasteiger partial charge on any atom is -0.496 e. The number of rotatable bonds is 6. The number of imidazole rings is 1. The van der Waals surface area contributed by atoms with E-state index < -0.39 is 0 Å². The average Bonchev–Trinajstić information content (AvgIpc) is 3.51. The van der Waals surface area contributed by atoms with Crippen molar-refractivity contribution in [2.75, 3.05) is 7.11 Å². The molecule has 1 aromatic carbocycles. The smallest absolute Gasteiger partial charge is 0.254 e. The second-order valence-electron chi connectivity index (χ2n) is 9.18. The molecule has 0 aliphatic heterocycles. The van der Waals surface area contributed by atoms with Crippen LogP contribution in [-0.2, 0) is 6.54 Å². The number of methoxy groups -OCH3 is 1. The van der Waals surface area contributed by atoms with E-state index >= 15 is 0 Å². The van der Waals surface area contributed by atoms with Crippen molar-refractivity contribution in [2.45, 2.75) is 76.4 Å². The molecule has 3 aromatic rings. The molecule has 0 atom stereocenters. The highest BCUT2D eigenvalue weighted by atomic mass is 35.5. The van der Waals surface area contributed by atoms with Crippen LogP contribution in [0.4, 0.5) is 0 Å². The number of amides is 1. The van der Waals surface area contributed by atoms with E-state index in [1.54, 1.807) is 13.4 Å². The number of aromatic nitrogens is 4. The summed E-state index contributed by atoms with van der Waals surface area (Å²) >= 11 is 6.29. The Morgan fingerprint density at radius 1 is 1.06 bits per heavy atom. The Hall–Kier alpha value is -2.67. The van der Waals surface area contributed by atoms with E-state index in [-0.39, 0.29) is 5.91 Å². The molecule has 5 rings (SSSR count). The predicted molar refractivity (Wildman–Crippen MR) is 128 cm³/mol. The SMILES string of the molecule is COc1cc(C(=O)N(C2CCCCC2)C2CCCC2)ccc1Cn1cnc2ncnc(Cl)c21. The number of halogens is 1. The van der Waals surface area contributed by atoms with Gasteiger partial charge in [0.05, 0.1) is 20.0 Å². The first kappa shape index (κ1) is 22.1. The zero-order chi connectivity index (χ0) is 22.8. The Morgan fingerprint density at radius 2 is 1.76 bits per heavy atom. The fourth-order valence-corrected chi connectivity index (χ4v) is 5.74.